The van der Waals surface area contributed by atoms with Gasteiger partial charge in [0, 0.05) is 0 Å². The molecular weight excluding hydrogens is 422 g/mol. The number of carbonyl (C=O) groups excluding carboxylic acids is 3. The molecule has 22 heavy (non-hydrogen) atoms. The van der Waals surface area contributed by atoms with Crippen LogP contribution in [0.4, 0.5) is 0 Å². The van der Waals surface area contributed by atoms with Gasteiger partial charge in [0.1, 0.15) is 18.3 Å². The molecule has 3 atom stereocenters. The van der Waals surface area contributed by atoms with Gasteiger partial charge in [0.05, 0.1) is 37.7 Å². The van der Waals surface area contributed by atoms with Gasteiger partial charge in [-0.05, 0) is 0 Å². The van der Waals surface area contributed by atoms with Crippen LogP contribution in [-0.4, -0.2) is 111 Å². The average Bonchev–Trinajstić information content (AvgIpc) is 2.45. The summed E-state index contributed by atoms with van der Waals surface area (Å²) in [6.07, 6.45) is -5.21. The zero-order valence-electron chi connectivity index (χ0n) is 10.9. The Bertz CT molecular complexity index is 261. The van der Waals surface area contributed by atoms with E-state index in [-0.39, 0.29) is 24.4 Å². The molecule has 0 aliphatic carbocycles. The Balaban J connectivity index is -0.000000108. The fourth-order valence-electron chi connectivity index (χ4n) is 0.224. The van der Waals surface area contributed by atoms with Crippen molar-refractivity contribution in [3.63, 3.8) is 0 Å². The molecular formula is C9H15O12Sb. The van der Waals surface area contributed by atoms with Gasteiger partial charge in [0.25, 0.3) is 0 Å². The smallest absolute Gasteiger partial charge is 0.547 e. The van der Waals surface area contributed by atoms with Gasteiger partial charge >= 0.3 is 24.4 Å². The Morgan fingerprint density at radius 2 is 0.773 bits per heavy atom. The van der Waals surface area contributed by atoms with Gasteiger partial charge in [-0.3, -0.25) is 0 Å². The van der Waals surface area contributed by atoms with E-state index in [1.807, 2.05) is 0 Å². The summed E-state index contributed by atoms with van der Waals surface area (Å²) in [5, 5.41) is 75.8. The van der Waals surface area contributed by atoms with Crippen LogP contribution < -0.4 is 15.3 Å². The van der Waals surface area contributed by atoms with Crippen molar-refractivity contribution in [3.05, 3.63) is 0 Å². The predicted octanol–water partition coefficient (Wildman–Crippen LogP) is -9.11. The second-order valence-electron chi connectivity index (χ2n) is 3.05. The first-order valence-corrected chi connectivity index (χ1v) is 5.04. The van der Waals surface area contributed by atoms with Crippen LogP contribution in [0, 0.1) is 0 Å². The zero-order chi connectivity index (χ0) is 17.6. The molecule has 12 nitrogen and oxygen atoms in total. The van der Waals surface area contributed by atoms with Crippen LogP contribution in [0.2, 0.25) is 0 Å². The molecule has 0 amide bonds. The van der Waals surface area contributed by atoms with Crippen molar-refractivity contribution < 1.29 is 60.3 Å². The zero-order valence-corrected chi connectivity index (χ0v) is 13.5. The summed E-state index contributed by atoms with van der Waals surface area (Å²) >= 11 is 0. The minimum Gasteiger partial charge on any atom is -0.547 e. The molecule has 0 spiro atoms. The second-order valence-corrected chi connectivity index (χ2v) is 3.05. The van der Waals surface area contributed by atoms with Gasteiger partial charge in [0.2, 0.25) is 0 Å². The molecule has 0 aromatic heterocycles. The summed E-state index contributed by atoms with van der Waals surface area (Å²) in [4.78, 5) is 28.2. The van der Waals surface area contributed by atoms with Crippen LogP contribution in [-0.2, 0) is 14.4 Å². The summed E-state index contributed by atoms with van der Waals surface area (Å²) in [6, 6.07) is 0. The van der Waals surface area contributed by atoms with Gasteiger partial charge in [-0.25, -0.2) is 0 Å². The Morgan fingerprint density at radius 3 is 0.773 bits per heavy atom. The quantitative estimate of drug-likeness (QED) is 0.212. The van der Waals surface area contributed by atoms with E-state index >= 15 is 0 Å². The van der Waals surface area contributed by atoms with E-state index < -0.39 is 56.0 Å². The van der Waals surface area contributed by atoms with Crippen LogP contribution in [0.3, 0.4) is 0 Å². The SMILES string of the molecule is O=C([O-])C(O)CO.O=C([O-])C(O)CO.O=C([O-])C(O)CO.[Sb+3]. The van der Waals surface area contributed by atoms with Gasteiger partial charge in [-0.15, -0.1) is 0 Å². The number of carboxylic acids is 3. The van der Waals surface area contributed by atoms with Crippen molar-refractivity contribution in [3.8, 4) is 0 Å². The first-order chi connectivity index (χ1) is 9.54. The molecule has 0 aromatic carbocycles. The Morgan fingerprint density at radius 1 is 0.636 bits per heavy atom. The van der Waals surface area contributed by atoms with Crippen molar-refractivity contribution in [2.24, 2.45) is 0 Å². The van der Waals surface area contributed by atoms with Crippen molar-refractivity contribution in [1.82, 2.24) is 0 Å². The first-order valence-electron chi connectivity index (χ1n) is 5.04. The molecule has 128 valence electrons. The molecule has 0 saturated carbocycles. The maximum absolute atomic E-state index is 9.41. The van der Waals surface area contributed by atoms with E-state index in [2.05, 4.69) is 0 Å². The van der Waals surface area contributed by atoms with E-state index in [1.165, 1.54) is 0 Å². The van der Waals surface area contributed by atoms with Crippen molar-refractivity contribution in [2.75, 3.05) is 19.8 Å². The molecule has 0 heterocycles. The molecule has 2 radical (unpaired) electrons. The topological polar surface area (TPSA) is 242 Å². The van der Waals surface area contributed by atoms with Gasteiger partial charge in [-0.2, -0.15) is 0 Å². The molecule has 3 unspecified atom stereocenters. The number of hydrogen-bond acceptors (Lipinski definition) is 12. The fraction of sp³-hybridized carbons (Fsp3) is 0.667. The summed E-state index contributed by atoms with van der Waals surface area (Å²) in [5.41, 5.74) is 0. The van der Waals surface area contributed by atoms with Crippen LogP contribution in [0.1, 0.15) is 0 Å². The summed E-state index contributed by atoms with van der Waals surface area (Å²) in [5.74, 6) is -4.95. The summed E-state index contributed by atoms with van der Waals surface area (Å²) in [7, 11) is 0. The Labute approximate surface area is 141 Å². The van der Waals surface area contributed by atoms with E-state index in [4.69, 9.17) is 30.6 Å². The number of aliphatic hydroxyl groups is 6. The molecule has 0 fully saturated rings. The van der Waals surface area contributed by atoms with E-state index in [0.29, 0.717) is 0 Å². The van der Waals surface area contributed by atoms with E-state index in [9.17, 15) is 29.7 Å². The molecule has 6 N–H and O–H groups in total. The summed E-state index contributed by atoms with van der Waals surface area (Å²) < 4.78 is 0. The van der Waals surface area contributed by atoms with Gasteiger partial charge < -0.3 is 60.3 Å². The number of aliphatic carboxylic acids is 3. The normalized spacial score (nSPS) is 12.8. The molecule has 0 aromatic rings. The number of rotatable bonds is 6. The number of hydrogen-bond donors (Lipinski definition) is 6. The standard InChI is InChI=1S/3C3H6O4.Sb/c3*4-1-2(5)3(6)7;/h3*2,4-5H,1H2,(H,6,7);/q;;;+3/p-3. The minimum absolute atomic E-state index is 0. The van der Waals surface area contributed by atoms with Crippen LogP contribution in [0.25, 0.3) is 0 Å². The van der Waals surface area contributed by atoms with Crippen molar-refractivity contribution in [1.29, 1.82) is 0 Å². The van der Waals surface area contributed by atoms with E-state index in [1.54, 1.807) is 0 Å². The van der Waals surface area contributed by atoms with E-state index in [0.717, 1.165) is 0 Å². The largest absolute Gasteiger partial charge is 3.00 e. The predicted molar refractivity (Wildman–Crippen MR) is 60.1 cm³/mol. The van der Waals surface area contributed by atoms with Crippen molar-refractivity contribution >= 4 is 42.3 Å². The third kappa shape index (κ3) is 21.3. The van der Waals surface area contributed by atoms with Crippen LogP contribution in [0.15, 0.2) is 0 Å². The molecule has 0 saturated heterocycles. The molecule has 0 bridgehead atoms. The van der Waals surface area contributed by atoms with Gasteiger partial charge in [-0.1, -0.05) is 0 Å². The Hall–Kier alpha value is -1.01. The maximum Gasteiger partial charge on any atom is 3.00 e. The van der Waals surface area contributed by atoms with Crippen LogP contribution >= 0.6 is 0 Å². The number of carboxylic acid groups (broad SMARTS) is 3. The minimum atomic E-state index is -1.74. The first kappa shape index (κ1) is 29.1. The average molecular weight is 437 g/mol. The monoisotopic (exact) mass is 436 g/mol. The Kier molecular flexibility index (Phi) is 23.8. The third-order valence-electron chi connectivity index (χ3n) is 1.34. The maximum atomic E-state index is 9.41. The second kappa shape index (κ2) is 18.0. The third-order valence-corrected chi connectivity index (χ3v) is 1.34. The number of carbonyl (C=O) groups is 3. The summed E-state index contributed by atoms with van der Waals surface area (Å²) in [6.45, 7) is -2.37. The molecule has 0 rings (SSSR count). The molecule has 0 aliphatic rings. The van der Waals surface area contributed by atoms with Crippen molar-refractivity contribution in [2.45, 2.75) is 18.3 Å². The number of aliphatic hydroxyl groups excluding tert-OH is 6. The fourth-order valence-corrected chi connectivity index (χ4v) is 0.224. The van der Waals surface area contributed by atoms with Gasteiger partial charge in [0.15, 0.2) is 0 Å². The molecule has 13 heteroatoms. The molecule has 0 aliphatic heterocycles. The van der Waals surface area contributed by atoms with Crippen LogP contribution in [0.5, 0.6) is 0 Å².